The third-order valence-electron chi connectivity index (χ3n) is 7.88. The zero-order chi connectivity index (χ0) is 25.8. The van der Waals surface area contributed by atoms with Crippen LogP contribution in [0.15, 0.2) is 63.5 Å². The maximum atomic E-state index is 13.2. The minimum absolute atomic E-state index is 0.138. The number of hydrogen-bond acceptors (Lipinski definition) is 3. The van der Waals surface area contributed by atoms with Crippen molar-refractivity contribution in [3.05, 3.63) is 69.1 Å². The predicted molar refractivity (Wildman–Crippen MR) is 147 cm³/mol. The number of benzene rings is 1. The monoisotopic (exact) mass is 562 g/mol. The molecule has 4 aliphatic carbocycles. The summed E-state index contributed by atoms with van der Waals surface area (Å²) in [4.78, 5) is 13.1. The number of fused-ring (bicyclic) bond motifs is 2. The normalized spacial score (nSPS) is 25.1. The van der Waals surface area contributed by atoms with Gasteiger partial charge in [0, 0.05) is 36.6 Å². The average Bonchev–Trinajstić information content (AvgIpc) is 3.06. The SMILES string of the molecule is CC.CN(Cc1ccccc1)S(=O)(=O)C1=C(Br)C=CC(C(=O)NCC2C[C@@H]3C[C@H](C2)C3(C)C)=CC1. The predicted octanol–water partition coefficient (Wildman–Crippen LogP) is 6.16. The molecule has 1 N–H and O–H groups in total. The number of allylic oxidation sites excluding steroid dienone is 4. The lowest BCUT2D eigenvalue weighted by Gasteiger charge is -2.59. The van der Waals surface area contributed by atoms with Crippen LogP contribution in [0.5, 0.6) is 0 Å². The number of sulfonamides is 1. The molecular weight excluding hydrogens is 524 g/mol. The molecule has 4 aliphatic rings. The number of nitrogens with one attached hydrogen (secondary N) is 1. The highest BCUT2D eigenvalue weighted by Gasteiger charge is 2.52. The number of amides is 1. The third-order valence-corrected chi connectivity index (χ3v) is 10.8. The first-order valence-corrected chi connectivity index (χ1v) is 14.9. The van der Waals surface area contributed by atoms with E-state index in [2.05, 4.69) is 35.1 Å². The molecule has 1 unspecified atom stereocenters. The molecule has 1 amide bonds. The van der Waals surface area contributed by atoms with Crippen LogP contribution in [0.2, 0.25) is 0 Å². The Morgan fingerprint density at radius 3 is 2.31 bits per heavy atom. The second-order valence-corrected chi connectivity index (χ2v) is 13.1. The second-order valence-electron chi connectivity index (χ2n) is 10.2. The van der Waals surface area contributed by atoms with Gasteiger partial charge in [0.25, 0.3) is 5.91 Å². The van der Waals surface area contributed by atoms with Gasteiger partial charge in [-0.2, -0.15) is 4.31 Å². The molecule has 3 fully saturated rings. The van der Waals surface area contributed by atoms with Gasteiger partial charge in [-0.1, -0.05) is 64.1 Å². The van der Waals surface area contributed by atoms with Crippen molar-refractivity contribution in [2.24, 2.45) is 23.2 Å². The number of halogens is 1. The van der Waals surface area contributed by atoms with Gasteiger partial charge < -0.3 is 5.32 Å². The molecule has 3 saturated carbocycles. The summed E-state index contributed by atoms with van der Waals surface area (Å²) in [5.41, 5.74) is 1.88. The van der Waals surface area contributed by atoms with Crippen molar-refractivity contribution in [3.63, 3.8) is 0 Å². The number of hydrogen-bond donors (Lipinski definition) is 1. The van der Waals surface area contributed by atoms with Crippen molar-refractivity contribution in [3.8, 4) is 0 Å². The Labute approximate surface area is 219 Å². The molecule has 0 aromatic heterocycles. The number of carbonyl (C=O) groups is 1. The summed E-state index contributed by atoms with van der Waals surface area (Å²) in [6, 6.07) is 9.50. The lowest BCUT2D eigenvalue weighted by atomic mass is 9.47. The molecule has 1 aromatic rings. The van der Waals surface area contributed by atoms with Gasteiger partial charge in [-0.25, -0.2) is 8.42 Å². The number of rotatable bonds is 7. The first kappa shape index (κ1) is 27.9. The minimum atomic E-state index is -3.69. The first-order chi connectivity index (χ1) is 16.6. The minimum Gasteiger partial charge on any atom is -0.352 e. The van der Waals surface area contributed by atoms with E-state index >= 15 is 0 Å². The van der Waals surface area contributed by atoms with E-state index in [1.807, 2.05) is 44.2 Å². The first-order valence-electron chi connectivity index (χ1n) is 12.6. The molecular formula is C28H39BrN2O3S. The fourth-order valence-electron chi connectivity index (χ4n) is 5.47. The van der Waals surface area contributed by atoms with E-state index in [1.54, 1.807) is 25.3 Å². The maximum absolute atomic E-state index is 13.2. The molecule has 3 atom stereocenters. The van der Waals surface area contributed by atoms with Crippen molar-refractivity contribution in [1.29, 1.82) is 0 Å². The van der Waals surface area contributed by atoms with Gasteiger partial charge in [0.1, 0.15) is 0 Å². The van der Waals surface area contributed by atoms with Crippen molar-refractivity contribution in [2.45, 2.75) is 59.9 Å². The molecule has 0 heterocycles. The lowest BCUT2D eigenvalue weighted by molar-refractivity contribution is -0.118. The van der Waals surface area contributed by atoms with E-state index in [-0.39, 0.29) is 23.8 Å². The van der Waals surface area contributed by atoms with E-state index in [4.69, 9.17) is 0 Å². The van der Waals surface area contributed by atoms with Crippen LogP contribution < -0.4 is 5.32 Å². The summed E-state index contributed by atoms with van der Waals surface area (Å²) in [5, 5.41) is 3.09. The lowest BCUT2D eigenvalue weighted by Crippen LogP contribution is -2.52. The van der Waals surface area contributed by atoms with Gasteiger partial charge in [-0.15, -0.1) is 0 Å². The van der Waals surface area contributed by atoms with Crippen LogP contribution in [-0.2, 0) is 21.4 Å². The Hall–Kier alpha value is -1.70. The summed E-state index contributed by atoms with van der Waals surface area (Å²) in [5.74, 6) is 1.95. The topological polar surface area (TPSA) is 66.5 Å². The smallest absolute Gasteiger partial charge is 0.250 e. The Morgan fingerprint density at radius 1 is 1.09 bits per heavy atom. The molecule has 0 aliphatic heterocycles. The highest BCUT2D eigenvalue weighted by Crippen LogP contribution is 2.60. The van der Waals surface area contributed by atoms with Gasteiger partial charge in [0.05, 0.1) is 4.91 Å². The quantitative estimate of drug-likeness (QED) is 0.433. The summed E-state index contributed by atoms with van der Waals surface area (Å²) < 4.78 is 28.3. The standard InChI is InChI=1S/C26H33BrN2O3S.C2H6/c1-26(2)21-13-19(14-22(26)15-21)16-28-25(30)20-9-11-23(27)24(12-10-20)33(31,32)29(3)17-18-7-5-4-6-8-18;1-2/h4-11,19,21-22H,12-17H2,1-3H3,(H,28,30);1-2H3/t19?,21-,22+;. The Balaban J connectivity index is 0.00000167. The van der Waals surface area contributed by atoms with Crippen LogP contribution in [0.25, 0.3) is 0 Å². The zero-order valence-electron chi connectivity index (χ0n) is 21.6. The van der Waals surface area contributed by atoms with Crippen molar-refractivity contribution >= 4 is 31.9 Å². The van der Waals surface area contributed by atoms with Crippen LogP contribution in [-0.4, -0.2) is 32.2 Å². The van der Waals surface area contributed by atoms with Gasteiger partial charge in [0.15, 0.2) is 0 Å². The van der Waals surface area contributed by atoms with Crippen LogP contribution in [0, 0.1) is 23.2 Å². The molecule has 1 aromatic carbocycles. The van der Waals surface area contributed by atoms with Crippen molar-refractivity contribution in [2.75, 3.05) is 13.6 Å². The highest BCUT2D eigenvalue weighted by atomic mass is 79.9. The molecule has 35 heavy (non-hydrogen) atoms. The van der Waals surface area contributed by atoms with Gasteiger partial charge >= 0.3 is 0 Å². The van der Waals surface area contributed by atoms with E-state index in [0.717, 1.165) is 17.4 Å². The highest BCUT2D eigenvalue weighted by molar-refractivity contribution is 9.12. The van der Waals surface area contributed by atoms with Crippen LogP contribution in [0.1, 0.15) is 58.9 Å². The Morgan fingerprint density at radius 2 is 1.71 bits per heavy atom. The largest absolute Gasteiger partial charge is 0.352 e. The van der Waals surface area contributed by atoms with E-state index in [1.165, 1.54) is 23.6 Å². The van der Waals surface area contributed by atoms with Crippen molar-refractivity contribution < 1.29 is 13.2 Å². The summed E-state index contributed by atoms with van der Waals surface area (Å²) in [6.45, 7) is 9.71. The van der Waals surface area contributed by atoms with Gasteiger partial charge in [0.2, 0.25) is 10.0 Å². The molecule has 5 rings (SSSR count). The molecule has 0 spiro atoms. The zero-order valence-corrected chi connectivity index (χ0v) is 24.0. The summed E-state index contributed by atoms with van der Waals surface area (Å²) in [7, 11) is -2.10. The molecule has 192 valence electrons. The van der Waals surface area contributed by atoms with Crippen LogP contribution >= 0.6 is 15.9 Å². The van der Waals surface area contributed by atoms with E-state index < -0.39 is 10.0 Å². The number of nitrogens with zero attached hydrogens (tertiary/aromatic N) is 1. The third kappa shape index (κ3) is 6.17. The van der Waals surface area contributed by atoms with Crippen LogP contribution in [0.3, 0.4) is 0 Å². The summed E-state index contributed by atoms with van der Waals surface area (Å²) in [6.07, 6.45) is 8.94. The average molecular weight is 564 g/mol. The summed E-state index contributed by atoms with van der Waals surface area (Å²) >= 11 is 3.42. The molecule has 5 nitrogen and oxygen atoms in total. The number of carbonyl (C=O) groups excluding carboxylic acids is 1. The fraction of sp³-hybridized carbons (Fsp3) is 0.536. The molecule has 0 saturated heterocycles. The van der Waals surface area contributed by atoms with Gasteiger partial charge in [-0.05, 0) is 76.1 Å². The molecule has 2 bridgehead atoms. The van der Waals surface area contributed by atoms with Crippen LogP contribution in [0.4, 0.5) is 0 Å². The maximum Gasteiger partial charge on any atom is 0.250 e. The molecule has 0 radical (unpaired) electrons. The van der Waals surface area contributed by atoms with E-state index in [0.29, 0.717) is 27.9 Å². The Kier molecular flexibility index (Phi) is 9.22. The van der Waals surface area contributed by atoms with E-state index in [9.17, 15) is 13.2 Å². The Bertz CT molecular complexity index is 1090. The van der Waals surface area contributed by atoms with Crippen molar-refractivity contribution in [1.82, 2.24) is 9.62 Å². The second kappa shape index (κ2) is 11.6. The fourth-order valence-corrected chi connectivity index (χ4v) is 7.68. The molecule has 7 heteroatoms. The van der Waals surface area contributed by atoms with Gasteiger partial charge in [-0.3, -0.25) is 4.79 Å².